The van der Waals surface area contributed by atoms with Gasteiger partial charge in [-0.15, -0.1) is 22.7 Å². The number of hydrogen-bond acceptors (Lipinski definition) is 3. The van der Waals surface area contributed by atoms with E-state index < -0.39 is 0 Å². The van der Waals surface area contributed by atoms with Crippen LogP contribution in [0.1, 0.15) is 19.9 Å². The molecule has 0 saturated heterocycles. The SMILES string of the molecule is CC(C)n1c(-c2cccs2)csc1=Nc1ccccc1. The van der Waals surface area contributed by atoms with Crippen molar-refractivity contribution in [3.05, 3.63) is 58.0 Å². The molecule has 4 heteroatoms. The van der Waals surface area contributed by atoms with Crippen molar-refractivity contribution >= 4 is 28.4 Å². The van der Waals surface area contributed by atoms with Crippen molar-refractivity contribution in [2.75, 3.05) is 0 Å². The molecule has 0 radical (unpaired) electrons. The van der Waals surface area contributed by atoms with Crippen LogP contribution in [0.4, 0.5) is 5.69 Å². The zero-order valence-electron chi connectivity index (χ0n) is 11.5. The smallest absolute Gasteiger partial charge is 0.190 e. The highest BCUT2D eigenvalue weighted by atomic mass is 32.1. The van der Waals surface area contributed by atoms with Gasteiger partial charge in [-0.2, -0.15) is 0 Å². The Bertz CT molecular complexity index is 734. The lowest BCUT2D eigenvalue weighted by Gasteiger charge is -2.11. The van der Waals surface area contributed by atoms with E-state index in [9.17, 15) is 0 Å². The largest absolute Gasteiger partial charge is 0.313 e. The minimum Gasteiger partial charge on any atom is -0.313 e. The van der Waals surface area contributed by atoms with Crippen LogP contribution in [-0.4, -0.2) is 4.57 Å². The van der Waals surface area contributed by atoms with Crippen LogP contribution in [0.3, 0.4) is 0 Å². The number of benzene rings is 1. The van der Waals surface area contributed by atoms with Gasteiger partial charge in [-0.3, -0.25) is 0 Å². The van der Waals surface area contributed by atoms with E-state index >= 15 is 0 Å². The van der Waals surface area contributed by atoms with Crippen LogP contribution in [0.5, 0.6) is 0 Å². The standard InChI is InChI=1S/C16H16N2S2/c1-12(2)18-14(15-9-6-10-19-15)11-20-16(18)17-13-7-4-3-5-8-13/h3-12H,1-2H3. The fourth-order valence-electron chi connectivity index (χ4n) is 2.12. The van der Waals surface area contributed by atoms with E-state index in [1.807, 2.05) is 30.3 Å². The summed E-state index contributed by atoms with van der Waals surface area (Å²) in [6.07, 6.45) is 0. The Morgan fingerprint density at radius 2 is 1.80 bits per heavy atom. The highest BCUT2D eigenvalue weighted by molar-refractivity contribution is 7.14. The highest BCUT2D eigenvalue weighted by Crippen LogP contribution is 2.27. The van der Waals surface area contributed by atoms with E-state index in [-0.39, 0.29) is 0 Å². The number of hydrogen-bond donors (Lipinski definition) is 0. The predicted octanol–water partition coefficient (Wildman–Crippen LogP) is 5.09. The second kappa shape index (κ2) is 5.77. The van der Waals surface area contributed by atoms with Crippen molar-refractivity contribution in [3.8, 4) is 10.6 Å². The molecule has 3 aromatic rings. The molecule has 0 fully saturated rings. The van der Waals surface area contributed by atoms with E-state index in [0.717, 1.165) is 10.5 Å². The van der Waals surface area contributed by atoms with Crippen LogP contribution >= 0.6 is 22.7 Å². The Morgan fingerprint density at radius 3 is 2.45 bits per heavy atom. The van der Waals surface area contributed by atoms with Gasteiger partial charge in [0.1, 0.15) is 0 Å². The van der Waals surface area contributed by atoms with Gasteiger partial charge in [0.15, 0.2) is 4.80 Å². The maximum absolute atomic E-state index is 4.78. The van der Waals surface area contributed by atoms with Gasteiger partial charge in [-0.05, 0) is 37.4 Å². The summed E-state index contributed by atoms with van der Waals surface area (Å²) >= 11 is 3.47. The average Bonchev–Trinajstić information content (AvgIpc) is 3.08. The number of para-hydroxylation sites is 1. The Balaban J connectivity index is 2.16. The van der Waals surface area contributed by atoms with E-state index in [4.69, 9.17) is 4.99 Å². The monoisotopic (exact) mass is 300 g/mol. The minimum absolute atomic E-state index is 0.390. The summed E-state index contributed by atoms with van der Waals surface area (Å²) in [6, 6.07) is 14.8. The Kier molecular flexibility index (Phi) is 3.85. The quantitative estimate of drug-likeness (QED) is 0.641. The highest BCUT2D eigenvalue weighted by Gasteiger charge is 2.11. The van der Waals surface area contributed by atoms with Gasteiger partial charge in [0.2, 0.25) is 0 Å². The fraction of sp³-hybridized carbons (Fsp3) is 0.188. The van der Waals surface area contributed by atoms with Crippen molar-refractivity contribution in [1.82, 2.24) is 4.57 Å². The van der Waals surface area contributed by atoms with Crippen molar-refractivity contribution in [2.45, 2.75) is 19.9 Å². The van der Waals surface area contributed by atoms with Gasteiger partial charge >= 0.3 is 0 Å². The molecule has 2 heterocycles. The van der Waals surface area contributed by atoms with E-state index in [0.29, 0.717) is 6.04 Å². The Hall–Kier alpha value is -1.65. The van der Waals surface area contributed by atoms with Gasteiger partial charge < -0.3 is 4.57 Å². The molecule has 0 spiro atoms. The summed E-state index contributed by atoms with van der Waals surface area (Å²) in [5, 5.41) is 4.32. The van der Waals surface area contributed by atoms with Crippen LogP contribution in [-0.2, 0) is 0 Å². The molecule has 0 unspecified atom stereocenters. The third-order valence-electron chi connectivity index (χ3n) is 3.01. The van der Waals surface area contributed by atoms with Crippen molar-refractivity contribution in [1.29, 1.82) is 0 Å². The number of thiazole rings is 1. The van der Waals surface area contributed by atoms with Crippen LogP contribution in [0.25, 0.3) is 10.6 Å². The Morgan fingerprint density at radius 1 is 1.00 bits per heavy atom. The molecule has 2 aromatic heterocycles. The molecule has 0 saturated carbocycles. The summed E-state index contributed by atoms with van der Waals surface area (Å²) in [5.41, 5.74) is 2.26. The van der Waals surface area contributed by atoms with Gasteiger partial charge in [0, 0.05) is 11.4 Å². The summed E-state index contributed by atoms with van der Waals surface area (Å²) < 4.78 is 2.31. The molecule has 102 valence electrons. The van der Waals surface area contributed by atoms with Gasteiger partial charge in [0.25, 0.3) is 0 Å². The second-order valence-corrected chi connectivity index (χ2v) is 6.58. The third kappa shape index (κ3) is 2.62. The first-order valence-corrected chi connectivity index (χ1v) is 8.35. The molecular weight excluding hydrogens is 284 g/mol. The van der Waals surface area contributed by atoms with Gasteiger partial charge in [0.05, 0.1) is 16.3 Å². The van der Waals surface area contributed by atoms with Crippen LogP contribution < -0.4 is 4.80 Å². The lowest BCUT2D eigenvalue weighted by molar-refractivity contribution is 0.591. The summed E-state index contributed by atoms with van der Waals surface area (Å²) in [5.74, 6) is 0. The Labute approximate surface area is 126 Å². The fourth-order valence-corrected chi connectivity index (χ4v) is 3.97. The molecule has 0 amide bonds. The van der Waals surface area contributed by atoms with E-state index in [2.05, 4.69) is 41.3 Å². The van der Waals surface area contributed by atoms with Crippen LogP contribution in [0, 0.1) is 0 Å². The summed E-state index contributed by atoms with van der Waals surface area (Å²) in [4.78, 5) is 7.13. The zero-order valence-corrected chi connectivity index (χ0v) is 13.1. The van der Waals surface area contributed by atoms with Crippen LogP contribution in [0.15, 0.2) is 58.2 Å². The molecule has 3 rings (SSSR count). The zero-order chi connectivity index (χ0) is 13.9. The topological polar surface area (TPSA) is 17.3 Å². The number of nitrogens with zero attached hydrogens (tertiary/aromatic N) is 2. The van der Waals surface area contributed by atoms with E-state index in [1.54, 1.807) is 22.7 Å². The first-order valence-electron chi connectivity index (χ1n) is 6.59. The molecule has 1 aromatic carbocycles. The average molecular weight is 300 g/mol. The lowest BCUT2D eigenvalue weighted by atomic mass is 10.3. The van der Waals surface area contributed by atoms with Gasteiger partial charge in [-0.1, -0.05) is 24.3 Å². The van der Waals surface area contributed by atoms with Crippen LogP contribution in [0.2, 0.25) is 0 Å². The molecule has 2 nitrogen and oxygen atoms in total. The third-order valence-corrected chi connectivity index (χ3v) is 4.74. The molecule has 0 aliphatic rings. The summed E-state index contributed by atoms with van der Waals surface area (Å²) in [6.45, 7) is 4.40. The first-order chi connectivity index (χ1) is 9.75. The lowest BCUT2D eigenvalue weighted by Crippen LogP contribution is -2.17. The number of rotatable bonds is 3. The maximum atomic E-state index is 4.78. The molecule has 0 aliphatic carbocycles. The molecule has 0 aliphatic heterocycles. The molecule has 20 heavy (non-hydrogen) atoms. The van der Waals surface area contributed by atoms with Gasteiger partial charge in [-0.25, -0.2) is 4.99 Å². The second-order valence-electron chi connectivity index (χ2n) is 4.79. The number of thiophene rings is 1. The van der Waals surface area contributed by atoms with Crippen molar-refractivity contribution in [2.24, 2.45) is 4.99 Å². The number of aromatic nitrogens is 1. The summed E-state index contributed by atoms with van der Waals surface area (Å²) in [7, 11) is 0. The molecule has 0 N–H and O–H groups in total. The molecule has 0 atom stereocenters. The van der Waals surface area contributed by atoms with Crippen molar-refractivity contribution in [3.63, 3.8) is 0 Å². The first kappa shape index (κ1) is 13.3. The molecule has 0 bridgehead atoms. The molecular formula is C16H16N2S2. The minimum atomic E-state index is 0.390. The maximum Gasteiger partial charge on any atom is 0.190 e. The predicted molar refractivity (Wildman–Crippen MR) is 87.7 cm³/mol. The van der Waals surface area contributed by atoms with E-state index in [1.165, 1.54) is 10.6 Å². The van der Waals surface area contributed by atoms with Crippen molar-refractivity contribution < 1.29 is 0 Å². The normalized spacial score (nSPS) is 12.2.